The zero-order valence-electron chi connectivity index (χ0n) is 16.5. The highest BCUT2D eigenvalue weighted by atomic mass is 16.5. The van der Waals surface area contributed by atoms with Gasteiger partial charge in [-0.2, -0.15) is 0 Å². The Morgan fingerprint density at radius 3 is 2.52 bits per heavy atom. The van der Waals surface area contributed by atoms with Crippen molar-refractivity contribution in [2.24, 2.45) is 0 Å². The fourth-order valence-electron chi connectivity index (χ4n) is 4.31. The lowest BCUT2D eigenvalue weighted by molar-refractivity contribution is 0.122. The number of morpholine rings is 1. The first kappa shape index (κ1) is 18.4. The highest BCUT2D eigenvalue weighted by molar-refractivity contribution is 5.71. The van der Waals surface area contributed by atoms with Crippen LogP contribution in [-0.2, 0) is 4.74 Å². The molecule has 0 atom stereocenters. The van der Waals surface area contributed by atoms with Gasteiger partial charge in [-0.05, 0) is 37.8 Å². The van der Waals surface area contributed by atoms with Gasteiger partial charge in [0.05, 0.1) is 31.2 Å². The van der Waals surface area contributed by atoms with Crippen molar-refractivity contribution in [3.8, 4) is 11.3 Å². The molecule has 0 radical (unpaired) electrons. The molecule has 2 aromatic heterocycles. The molecule has 2 aliphatic rings. The first-order valence-corrected chi connectivity index (χ1v) is 10.5. The van der Waals surface area contributed by atoms with E-state index < -0.39 is 0 Å². The van der Waals surface area contributed by atoms with Gasteiger partial charge in [0, 0.05) is 42.8 Å². The summed E-state index contributed by atoms with van der Waals surface area (Å²) in [6, 6.07) is 8.98. The van der Waals surface area contributed by atoms with E-state index in [1.54, 1.807) is 0 Å². The van der Waals surface area contributed by atoms with Crippen molar-refractivity contribution in [1.29, 1.82) is 0 Å². The van der Waals surface area contributed by atoms with E-state index in [9.17, 15) is 5.11 Å². The van der Waals surface area contributed by atoms with Crippen LogP contribution < -0.4 is 10.2 Å². The number of anilines is 2. The Hall–Kier alpha value is -2.64. The second-order valence-corrected chi connectivity index (χ2v) is 7.91. The average molecular weight is 393 g/mol. The minimum absolute atomic E-state index is 0.157. The number of nitrogens with one attached hydrogen (secondary N) is 1. The highest BCUT2D eigenvalue weighted by Gasteiger charge is 2.21. The Bertz CT molecular complexity index is 957. The Morgan fingerprint density at radius 1 is 1.00 bits per heavy atom. The number of hydrogen-bond acceptors (Lipinski definition) is 6. The molecule has 0 amide bonds. The number of aliphatic hydroxyl groups is 1. The maximum absolute atomic E-state index is 9.73. The van der Waals surface area contributed by atoms with Crippen LogP contribution in [-0.4, -0.2) is 57.9 Å². The Morgan fingerprint density at radius 2 is 1.76 bits per heavy atom. The standard InChI is InChI=1S/C22H27N5O2/c28-19-7-3-17(4-8-19)25-21-22-23-9-10-27(22)20(15-24-21)16-1-5-18(6-2-16)26-11-13-29-14-12-26/h1-2,5-6,9-10,15,17,19,28H,3-4,7-8,11-14H2,(H,24,25). The molecule has 7 nitrogen and oxygen atoms in total. The molecular formula is C22H27N5O2. The summed E-state index contributed by atoms with van der Waals surface area (Å²) in [6.07, 6.45) is 9.16. The molecule has 152 valence electrons. The quantitative estimate of drug-likeness (QED) is 0.710. The van der Waals surface area contributed by atoms with Crippen molar-refractivity contribution in [3.63, 3.8) is 0 Å². The van der Waals surface area contributed by atoms with E-state index in [2.05, 4.69) is 43.9 Å². The second-order valence-electron chi connectivity index (χ2n) is 7.91. The van der Waals surface area contributed by atoms with Crippen LogP contribution >= 0.6 is 0 Å². The van der Waals surface area contributed by atoms with E-state index in [0.717, 1.165) is 74.7 Å². The van der Waals surface area contributed by atoms with Gasteiger partial charge in [-0.1, -0.05) is 12.1 Å². The molecule has 2 fully saturated rings. The fourth-order valence-corrected chi connectivity index (χ4v) is 4.31. The van der Waals surface area contributed by atoms with E-state index in [1.165, 1.54) is 5.69 Å². The van der Waals surface area contributed by atoms with Gasteiger partial charge in [0.15, 0.2) is 11.5 Å². The van der Waals surface area contributed by atoms with Gasteiger partial charge >= 0.3 is 0 Å². The predicted molar refractivity (Wildman–Crippen MR) is 113 cm³/mol. The van der Waals surface area contributed by atoms with Gasteiger partial charge in [0.1, 0.15) is 0 Å². The SMILES string of the molecule is OC1CCC(Nc2ncc(-c3ccc(N4CCOCC4)cc3)n3ccnc23)CC1. The normalized spacial score (nSPS) is 22.7. The Labute approximate surface area is 170 Å². The minimum atomic E-state index is -0.157. The molecule has 5 rings (SSSR count). The third-order valence-corrected chi connectivity index (χ3v) is 6.00. The topological polar surface area (TPSA) is 74.9 Å². The summed E-state index contributed by atoms with van der Waals surface area (Å²) in [4.78, 5) is 11.6. The van der Waals surface area contributed by atoms with Crippen molar-refractivity contribution in [1.82, 2.24) is 14.4 Å². The lowest BCUT2D eigenvalue weighted by Crippen LogP contribution is -2.36. The van der Waals surface area contributed by atoms with Gasteiger partial charge in [0.2, 0.25) is 0 Å². The predicted octanol–water partition coefficient (Wildman–Crippen LogP) is 2.95. The minimum Gasteiger partial charge on any atom is -0.393 e. The number of imidazole rings is 1. The van der Waals surface area contributed by atoms with Crippen LogP contribution in [0.15, 0.2) is 42.9 Å². The lowest BCUT2D eigenvalue weighted by Gasteiger charge is -2.29. The summed E-state index contributed by atoms with van der Waals surface area (Å²) >= 11 is 0. The second kappa shape index (κ2) is 8.00. The number of nitrogens with zero attached hydrogens (tertiary/aromatic N) is 4. The largest absolute Gasteiger partial charge is 0.393 e. The van der Waals surface area contributed by atoms with Crippen LogP contribution in [0.1, 0.15) is 25.7 Å². The number of benzene rings is 1. The van der Waals surface area contributed by atoms with Crippen LogP contribution in [0.5, 0.6) is 0 Å². The monoisotopic (exact) mass is 393 g/mol. The summed E-state index contributed by atoms with van der Waals surface area (Å²) in [5, 5.41) is 13.3. The molecule has 7 heteroatoms. The van der Waals surface area contributed by atoms with Crippen molar-refractivity contribution in [2.45, 2.75) is 37.8 Å². The van der Waals surface area contributed by atoms with Crippen LogP contribution in [0.25, 0.3) is 16.9 Å². The van der Waals surface area contributed by atoms with Crippen molar-refractivity contribution < 1.29 is 9.84 Å². The third-order valence-electron chi connectivity index (χ3n) is 6.00. The summed E-state index contributed by atoms with van der Waals surface area (Å²) in [5.41, 5.74) is 4.20. The maximum atomic E-state index is 9.73. The molecule has 3 aromatic rings. The van der Waals surface area contributed by atoms with Gasteiger partial charge in [-0.25, -0.2) is 9.97 Å². The number of hydrogen-bond donors (Lipinski definition) is 2. The molecule has 1 aliphatic heterocycles. The van der Waals surface area contributed by atoms with E-state index in [-0.39, 0.29) is 6.10 Å². The van der Waals surface area contributed by atoms with Crippen molar-refractivity contribution in [2.75, 3.05) is 36.5 Å². The molecule has 1 saturated carbocycles. The lowest BCUT2D eigenvalue weighted by atomic mass is 9.93. The van der Waals surface area contributed by atoms with Crippen molar-refractivity contribution in [3.05, 3.63) is 42.9 Å². The van der Waals surface area contributed by atoms with E-state index in [1.807, 2.05) is 18.6 Å². The average Bonchev–Trinajstić information content (AvgIpc) is 3.27. The summed E-state index contributed by atoms with van der Waals surface area (Å²) in [5.74, 6) is 0.810. The van der Waals surface area contributed by atoms with Gasteiger partial charge in [-0.15, -0.1) is 0 Å². The molecule has 29 heavy (non-hydrogen) atoms. The molecule has 0 unspecified atom stereocenters. The van der Waals surface area contributed by atoms with Crippen LogP contribution in [0.4, 0.5) is 11.5 Å². The molecule has 1 aromatic carbocycles. The Balaban J connectivity index is 1.39. The highest BCUT2D eigenvalue weighted by Crippen LogP contribution is 2.28. The molecule has 1 saturated heterocycles. The number of aromatic nitrogens is 3. The first-order chi connectivity index (χ1) is 14.3. The number of fused-ring (bicyclic) bond motifs is 1. The van der Waals surface area contributed by atoms with E-state index in [4.69, 9.17) is 9.72 Å². The first-order valence-electron chi connectivity index (χ1n) is 10.5. The van der Waals surface area contributed by atoms with E-state index in [0.29, 0.717) is 6.04 Å². The van der Waals surface area contributed by atoms with Crippen molar-refractivity contribution >= 4 is 17.2 Å². The summed E-state index contributed by atoms with van der Waals surface area (Å²) in [7, 11) is 0. The molecule has 3 heterocycles. The molecule has 0 bridgehead atoms. The molecule has 0 spiro atoms. The van der Waals surface area contributed by atoms with Crippen LogP contribution in [0.3, 0.4) is 0 Å². The molecule has 2 N–H and O–H groups in total. The summed E-state index contributed by atoms with van der Waals surface area (Å²) < 4.78 is 7.54. The molecule has 1 aliphatic carbocycles. The summed E-state index contributed by atoms with van der Waals surface area (Å²) in [6.45, 7) is 3.45. The van der Waals surface area contributed by atoms with Crippen LogP contribution in [0.2, 0.25) is 0 Å². The maximum Gasteiger partial charge on any atom is 0.180 e. The number of ether oxygens (including phenoxy) is 1. The van der Waals surface area contributed by atoms with Gasteiger partial charge < -0.3 is 20.1 Å². The van der Waals surface area contributed by atoms with Crippen LogP contribution in [0, 0.1) is 0 Å². The third kappa shape index (κ3) is 3.80. The fraction of sp³-hybridized carbons (Fsp3) is 0.455. The molecular weight excluding hydrogens is 366 g/mol. The number of aliphatic hydroxyl groups excluding tert-OH is 1. The smallest absolute Gasteiger partial charge is 0.180 e. The Kier molecular flexibility index (Phi) is 5.08. The van der Waals surface area contributed by atoms with E-state index >= 15 is 0 Å². The zero-order chi connectivity index (χ0) is 19.6. The van der Waals surface area contributed by atoms with Gasteiger partial charge in [0.25, 0.3) is 0 Å². The van der Waals surface area contributed by atoms with Gasteiger partial charge in [-0.3, -0.25) is 4.40 Å². The zero-order valence-corrected chi connectivity index (χ0v) is 16.5. The number of rotatable bonds is 4.